The molecule has 108 valence electrons. The summed E-state index contributed by atoms with van der Waals surface area (Å²) in [5.74, 6) is -0.417. The Morgan fingerprint density at radius 1 is 1.35 bits per heavy atom. The molecule has 0 bridgehead atoms. The maximum Gasteiger partial charge on any atom is 0.412 e. The molecule has 1 aromatic carbocycles. The molecule has 0 radical (unpaired) electrons. The van der Waals surface area contributed by atoms with Crippen molar-refractivity contribution in [1.29, 1.82) is 0 Å². The molecule has 0 aromatic heterocycles. The Kier molecular flexibility index (Phi) is 3.94. The first-order chi connectivity index (χ1) is 9.29. The van der Waals surface area contributed by atoms with Crippen LogP contribution >= 0.6 is 11.6 Å². The standard InChI is InChI=1S/C13H12ClF3N2O/c14-11-2-1-9(18)7-10(11)12(20)19-5-3-8(4-6-19)13(15,16)17/h1-3,7H,4-6,18H2. The van der Waals surface area contributed by atoms with Crippen LogP contribution in [0.3, 0.4) is 0 Å². The van der Waals surface area contributed by atoms with E-state index >= 15 is 0 Å². The quantitative estimate of drug-likeness (QED) is 0.639. The van der Waals surface area contributed by atoms with E-state index in [0.717, 1.165) is 6.08 Å². The van der Waals surface area contributed by atoms with E-state index in [1.807, 2.05) is 0 Å². The molecule has 0 unspecified atom stereocenters. The third-order valence-electron chi connectivity index (χ3n) is 3.08. The van der Waals surface area contributed by atoms with Crippen LogP contribution < -0.4 is 5.73 Å². The maximum atomic E-state index is 12.5. The van der Waals surface area contributed by atoms with E-state index in [2.05, 4.69) is 0 Å². The number of benzene rings is 1. The van der Waals surface area contributed by atoms with E-state index in [0.29, 0.717) is 5.69 Å². The molecule has 20 heavy (non-hydrogen) atoms. The van der Waals surface area contributed by atoms with Crippen LogP contribution in [0.25, 0.3) is 0 Å². The Balaban J connectivity index is 2.17. The minimum Gasteiger partial charge on any atom is -0.399 e. The number of rotatable bonds is 1. The summed E-state index contributed by atoms with van der Waals surface area (Å²) in [6.45, 7) is -0.0753. The molecule has 1 aliphatic rings. The second-order valence-corrected chi connectivity index (χ2v) is 4.87. The summed E-state index contributed by atoms with van der Waals surface area (Å²) in [6.07, 6.45) is -3.51. The van der Waals surface area contributed by atoms with Gasteiger partial charge in [0.15, 0.2) is 0 Å². The van der Waals surface area contributed by atoms with E-state index in [1.165, 1.54) is 17.0 Å². The molecule has 0 saturated heterocycles. The number of halogens is 4. The van der Waals surface area contributed by atoms with E-state index < -0.39 is 17.7 Å². The monoisotopic (exact) mass is 304 g/mol. The molecule has 0 atom stereocenters. The van der Waals surface area contributed by atoms with Crippen molar-refractivity contribution >= 4 is 23.2 Å². The fourth-order valence-electron chi connectivity index (χ4n) is 1.99. The summed E-state index contributed by atoms with van der Waals surface area (Å²) in [5, 5.41) is 0.231. The molecule has 1 amide bonds. The van der Waals surface area contributed by atoms with Gasteiger partial charge in [-0.3, -0.25) is 4.79 Å². The maximum absolute atomic E-state index is 12.5. The van der Waals surface area contributed by atoms with Gasteiger partial charge in [-0.15, -0.1) is 0 Å². The Morgan fingerprint density at radius 2 is 2.05 bits per heavy atom. The van der Waals surface area contributed by atoms with Gasteiger partial charge in [0.1, 0.15) is 0 Å². The Hall–Kier alpha value is -1.69. The third-order valence-corrected chi connectivity index (χ3v) is 3.41. The van der Waals surface area contributed by atoms with E-state index in [1.54, 1.807) is 6.07 Å². The summed E-state index contributed by atoms with van der Waals surface area (Å²) < 4.78 is 37.5. The van der Waals surface area contributed by atoms with Crippen molar-refractivity contribution in [2.24, 2.45) is 0 Å². The van der Waals surface area contributed by atoms with Gasteiger partial charge in [-0.05, 0) is 24.6 Å². The zero-order chi connectivity index (χ0) is 14.9. The molecular weight excluding hydrogens is 293 g/mol. The number of carbonyl (C=O) groups is 1. The van der Waals surface area contributed by atoms with Gasteiger partial charge in [-0.25, -0.2) is 0 Å². The van der Waals surface area contributed by atoms with Crippen LogP contribution in [0, 0.1) is 0 Å². The predicted octanol–water partition coefficient (Wildman–Crippen LogP) is 3.26. The molecule has 2 N–H and O–H groups in total. The van der Waals surface area contributed by atoms with Crippen molar-refractivity contribution in [2.45, 2.75) is 12.6 Å². The number of nitrogen functional groups attached to an aromatic ring is 1. The van der Waals surface area contributed by atoms with E-state index in [-0.39, 0.29) is 30.1 Å². The molecule has 1 aliphatic heterocycles. The predicted molar refractivity (Wildman–Crippen MR) is 70.5 cm³/mol. The lowest BCUT2D eigenvalue weighted by atomic mass is 10.1. The second-order valence-electron chi connectivity index (χ2n) is 4.47. The average Bonchev–Trinajstić information content (AvgIpc) is 2.40. The van der Waals surface area contributed by atoms with E-state index in [4.69, 9.17) is 17.3 Å². The SMILES string of the molecule is Nc1ccc(Cl)c(C(=O)N2CC=C(C(F)(F)F)CC2)c1. The highest BCUT2D eigenvalue weighted by molar-refractivity contribution is 6.34. The Bertz CT molecular complexity index is 569. The van der Waals surface area contributed by atoms with Gasteiger partial charge >= 0.3 is 6.18 Å². The van der Waals surface area contributed by atoms with Crippen LogP contribution in [-0.2, 0) is 0 Å². The summed E-state index contributed by atoms with van der Waals surface area (Å²) >= 11 is 5.91. The normalized spacial score (nSPS) is 16.0. The minimum absolute atomic E-state index is 0.00923. The summed E-state index contributed by atoms with van der Waals surface area (Å²) in [4.78, 5) is 13.5. The van der Waals surface area contributed by atoms with Crippen LogP contribution in [0.1, 0.15) is 16.8 Å². The van der Waals surface area contributed by atoms with Gasteiger partial charge in [0.2, 0.25) is 0 Å². The molecule has 1 aromatic rings. The van der Waals surface area contributed by atoms with Crippen LogP contribution in [0.15, 0.2) is 29.8 Å². The number of carbonyl (C=O) groups excluding carboxylic acids is 1. The highest BCUT2D eigenvalue weighted by atomic mass is 35.5. The van der Waals surface area contributed by atoms with Gasteiger partial charge in [0.25, 0.3) is 5.91 Å². The van der Waals surface area contributed by atoms with Gasteiger partial charge in [-0.2, -0.15) is 13.2 Å². The van der Waals surface area contributed by atoms with Crippen molar-refractivity contribution in [3.8, 4) is 0 Å². The fourth-order valence-corrected chi connectivity index (χ4v) is 2.19. The number of hydrogen-bond acceptors (Lipinski definition) is 2. The molecule has 7 heteroatoms. The highest BCUT2D eigenvalue weighted by Gasteiger charge is 2.35. The first kappa shape index (κ1) is 14.7. The van der Waals surface area contributed by atoms with Gasteiger partial charge in [0.05, 0.1) is 10.6 Å². The number of anilines is 1. The molecular formula is C13H12ClF3N2O. The fraction of sp³-hybridized carbons (Fsp3) is 0.308. The molecule has 1 heterocycles. The third kappa shape index (κ3) is 3.07. The molecule has 0 spiro atoms. The first-order valence-electron chi connectivity index (χ1n) is 5.89. The molecule has 3 nitrogen and oxygen atoms in total. The number of amides is 1. The number of nitrogens with two attached hydrogens (primary N) is 1. The summed E-state index contributed by atoms with van der Waals surface area (Å²) in [7, 11) is 0. The van der Waals surface area contributed by atoms with Crippen LogP contribution in [0.2, 0.25) is 5.02 Å². The average molecular weight is 305 g/mol. The largest absolute Gasteiger partial charge is 0.412 e. The van der Waals surface area contributed by atoms with Crippen molar-refractivity contribution in [1.82, 2.24) is 4.90 Å². The highest BCUT2D eigenvalue weighted by Crippen LogP contribution is 2.31. The van der Waals surface area contributed by atoms with Gasteiger partial charge in [0, 0.05) is 24.4 Å². The summed E-state index contributed by atoms with van der Waals surface area (Å²) in [6, 6.07) is 4.47. The number of hydrogen-bond donors (Lipinski definition) is 1. The second kappa shape index (κ2) is 5.36. The molecule has 0 saturated carbocycles. The molecule has 0 fully saturated rings. The molecule has 0 aliphatic carbocycles. The van der Waals surface area contributed by atoms with Crippen molar-refractivity contribution in [3.05, 3.63) is 40.4 Å². The van der Waals surface area contributed by atoms with Crippen molar-refractivity contribution < 1.29 is 18.0 Å². The number of nitrogens with zero attached hydrogens (tertiary/aromatic N) is 1. The minimum atomic E-state index is -4.33. The first-order valence-corrected chi connectivity index (χ1v) is 6.27. The van der Waals surface area contributed by atoms with Crippen LogP contribution in [-0.4, -0.2) is 30.1 Å². The zero-order valence-corrected chi connectivity index (χ0v) is 11.1. The lowest BCUT2D eigenvalue weighted by Gasteiger charge is -2.27. The van der Waals surface area contributed by atoms with Crippen LogP contribution in [0.5, 0.6) is 0 Å². The van der Waals surface area contributed by atoms with Crippen molar-refractivity contribution in [2.75, 3.05) is 18.8 Å². The van der Waals surface area contributed by atoms with Crippen LogP contribution in [0.4, 0.5) is 18.9 Å². The smallest absolute Gasteiger partial charge is 0.399 e. The van der Waals surface area contributed by atoms with Crippen molar-refractivity contribution in [3.63, 3.8) is 0 Å². The lowest BCUT2D eigenvalue weighted by molar-refractivity contribution is -0.0957. The summed E-state index contributed by atoms with van der Waals surface area (Å²) in [5.41, 5.74) is 5.57. The Morgan fingerprint density at radius 3 is 2.60 bits per heavy atom. The Labute approximate surface area is 118 Å². The zero-order valence-electron chi connectivity index (χ0n) is 10.4. The molecule has 2 rings (SSSR count). The van der Waals surface area contributed by atoms with Gasteiger partial charge < -0.3 is 10.6 Å². The number of alkyl halides is 3. The lowest BCUT2D eigenvalue weighted by Crippen LogP contribution is -2.36. The van der Waals surface area contributed by atoms with Gasteiger partial charge in [-0.1, -0.05) is 17.7 Å². The van der Waals surface area contributed by atoms with E-state index in [9.17, 15) is 18.0 Å². The topological polar surface area (TPSA) is 46.3 Å².